The molecule has 0 aromatic heterocycles. The van der Waals surface area contributed by atoms with Crippen LogP contribution in [-0.4, -0.2) is 31.0 Å². The van der Waals surface area contributed by atoms with E-state index in [0.29, 0.717) is 6.54 Å². The van der Waals surface area contributed by atoms with Gasteiger partial charge < -0.3 is 0 Å². The van der Waals surface area contributed by atoms with Crippen molar-refractivity contribution in [3.05, 3.63) is 0 Å². The van der Waals surface area contributed by atoms with Gasteiger partial charge in [0.15, 0.2) is 0 Å². The zero-order chi connectivity index (χ0) is 7.49. The molecule has 50 valence electrons. The molecule has 0 fully saturated rings. The summed E-state index contributed by atoms with van der Waals surface area (Å²) in [6, 6.07) is 0. The van der Waals surface area contributed by atoms with Gasteiger partial charge in [0.05, 0.1) is 21.0 Å². The SMILES string of the molecule is C#CC[N+](C)(C)C(C)=O. The number of quaternary nitrogens is 1. The van der Waals surface area contributed by atoms with Crippen LogP contribution in [0, 0.1) is 12.3 Å². The first kappa shape index (κ1) is 8.19. The van der Waals surface area contributed by atoms with Crippen molar-refractivity contribution >= 4 is 5.91 Å². The number of carbonyl (C=O) groups excluding carboxylic acids is 1. The highest BCUT2D eigenvalue weighted by Crippen LogP contribution is 1.94. The van der Waals surface area contributed by atoms with E-state index in [1.807, 2.05) is 0 Å². The van der Waals surface area contributed by atoms with Crippen LogP contribution in [0.1, 0.15) is 6.92 Å². The number of terminal acetylenes is 1. The van der Waals surface area contributed by atoms with E-state index >= 15 is 0 Å². The zero-order valence-electron chi connectivity index (χ0n) is 6.14. The second kappa shape index (κ2) is 2.65. The van der Waals surface area contributed by atoms with E-state index in [-0.39, 0.29) is 10.4 Å². The quantitative estimate of drug-likeness (QED) is 0.363. The molecule has 0 saturated heterocycles. The van der Waals surface area contributed by atoms with Crippen molar-refractivity contribution in [3.63, 3.8) is 0 Å². The van der Waals surface area contributed by atoms with Gasteiger partial charge >= 0.3 is 5.91 Å². The molecule has 9 heavy (non-hydrogen) atoms. The molecule has 0 atom stereocenters. The maximum atomic E-state index is 10.7. The highest BCUT2D eigenvalue weighted by Gasteiger charge is 2.18. The summed E-state index contributed by atoms with van der Waals surface area (Å²) >= 11 is 0. The number of rotatable bonds is 1. The molecule has 2 heteroatoms. The molecular formula is C7H12NO+. The van der Waals surface area contributed by atoms with Crippen LogP contribution in [0.25, 0.3) is 0 Å². The Morgan fingerprint density at radius 1 is 1.67 bits per heavy atom. The Labute approximate surface area is 56.1 Å². The molecule has 0 rings (SSSR count). The van der Waals surface area contributed by atoms with Gasteiger partial charge in [-0.05, 0) is 5.92 Å². The molecule has 1 amide bonds. The van der Waals surface area contributed by atoms with E-state index in [1.54, 1.807) is 14.1 Å². The van der Waals surface area contributed by atoms with E-state index < -0.39 is 0 Å². The molecular weight excluding hydrogens is 114 g/mol. The van der Waals surface area contributed by atoms with Gasteiger partial charge in [0.2, 0.25) is 0 Å². The Balaban J connectivity index is 4.06. The van der Waals surface area contributed by atoms with E-state index in [1.165, 1.54) is 6.92 Å². The molecule has 0 N–H and O–H groups in total. The van der Waals surface area contributed by atoms with Crippen LogP contribution >= 0.6 is 0 Å². The summed E-state index contributed by atoms with van der Waals surface area (Å²) in [7, 11) is 3.59. The van der Waals surface area contributed by atoms with Gasteiger partial charge in [-0.1, -0.05) is 0 Å². The van der Waals surface area contributed by atoms with E-state index in [4.69, 9.17) is 6.42 Å². The second-order valence-electron chi connectivity index (χ2n) is 2.57. The molecule has 0 bridgehead atoms. The summed E-state index contributed by atoms with van der Waals surface area (Å²) in [4.78, 5) is 10.7. The van der Waals surface area contributed by atoms with Crippen molar-refractivity contribution in [2.45, 2.75) is 6.92 Å². The number of nitrogens with zero attached hydrogens (tertiary/aromatic N) is 1. The molecule has 2 nitrogen and oxygen atoms in total. The molecule has 0 radical (unpaired) electrons. The van der Waals surface area contributed by atoms with Crippen molar-refractivity contribution in [2.24, 2.45) is 0 Å². The zero-order valence-corrected chi connectivity index (χ0v) is 6.14. The van der Waals surface area contributed by atoms with Gasteiger partial charge in [-0.15, -0.1) is 6.42 Å². The Morgan fingerprint density at radius 3 is 2.22 bits per heavy atom. The molecule has 0 aliphatic carbocycles. The van der Waals surface area contributed by atoms with E-state index in [9.17, 15) is 4.79 Å². The number of hydrogen-bond acceptors (Lipinski definition) is 1. The summed E-state index contributed by atoms with van der Waals surface area (Å²) < 4.78 is 0.274. The fourth-order valence-electron chi connectivity index (χ4n) is 0.340. The minimum Gasteiger partial charge on any atom is -0.256 e. The van der Waals surface area contributed by atoms with Gasteiger partial charge in [-0.25, -0.2) is 4.79 Å². The summed E-state index contributed by atoms with van der Waals surface area (Å²) in [5, 5.41) is 0. The summed E-state index contributed by atoms with van der Waals surface area (Å²) in [6.07, 6.45) is 5.03. The molecule has 0 spiro atoms. The number of hydrogen-bond donors (Lipinski definition) is 0. The minimum absolute atomic E-state index is 0.0907. The van der Waals surface area contributed by atoms with Crippen LogP contribution in [0.2, 0.25) is 0 Å². The largest absolute Gasteiger partial charge is 0.310 e. The lowest BCUT2D eigenvalue weighted by Gasteiger charge is -2.21. The molecule has 0 unspecified atom stereocenters. The topological polar surface area (TPSA) is 17.1 Å². The lowest BCUT2D eigenvalue weighted by Crippen LogP contribution is -2.43. The first-order chi connectivity index (χ1) is 4.00. The highest BCUT2D eigenvalue weighted by molar-refractivity contribution is 5.65. The Kier molecular flexibility index (Phi) is 2.41. The van der Waals surface area contributed by atoms with Gasteiger partial charge in [-0.2, -0.15) is 0 Å². The maximum Gasteiger partial charge on any atom is 0.310 e. The third kappa shape index (κ3) is 2.29. The summed E-state index contributed by atoms with van der Waals surface area (Å²) in [5.74, 6) is 2.53. The average molecular weight is 126 g/mol. The Hall–Kier alpha value is -0.810. The Morgan fingerprint density at radius 2 is 2.11 bits per heavy atom. The van der Waals surface area contributed by atoms with Crippen molar-refractivity contribution in [1.82, 2.24) is 0 Å². The van der Waals surface area contributed by atoms with Crippen LogP contribution < -0.4 is 0 Å². The fraction of sp³-hybridized carbons (Fsp3) is 0.571. The summed E-state index contributed by atoms with van der Waals surface area (Å²) in [6.45, 7) is 2.01. The van der Waals surface area contributed by atoms with Crippen LogP contribution in [0.5, 0.6) is 0 Å². The lowest BCUT2D eigenvalue weighted by atomic mass is 10.4. The fourth-order valence-corrected chi connectivity index (χ4v) is 0.340. The number of carbonyl (C=O) groups is 1. The molecule has 0 saturated carbocycles. The minimum atomic E-state index is 0.0907. The molecule has 0 aromatic rings. The van der Waals surface area contributed by atoms with Gasteiger partial charge in [0, 0.05) is 0 Å². The van der Waals surface area contributed by atoms with Gasteiger partial charge in [0.1, 0.15) is 6.54 Å². The lowest BCUT2D eigenvalue weighted by molar-refractivity contribution is -0.805. The van der Waals surface area contributed by atoms with E-state index in [2.05, 4.69) is 5.92 Å². The molecule has 0 aliphatic heterocycles. The van der Waals surface area contributed by atoms with Crippen LogP contribution in [-0.2, 0) is 4.79 Å². The smallest absolute Gasteiger partial charge is 0.256 e. The normalized spacial score (nSPS) is 10.4. The van der Waals surface area contributed by atoms with Gasteiger partial charge in [-0.3, -0.25) is 4.48 Å². The predicted molar refractivity (Wildman–Crippen MR) is 36.5 cm³/mol. The molecule has 0 aliphatic rings. The van der Waals surface area contributed by atoms with Crippen molar-refractivity contribution < 1.29 is 9.28 Å². The van der Waals surface area contributed by atoms with E-state index in [0.717, 1.165) is 0 Å². The third-order valence-corrected chi connectivity index (χ3v) is 1.34. The average Bonchev–Trinajstić information content (AvgIpc) is 1.65. The van der Waals surface area contributed by atoms with Crippen molar-refractivity contribution in [3.8, 4) is 12.3 Å². The summed E-state index contributed by atoms with van der Waals surface area (Å²) in [5.41, 5.74) is 0. The highest BCUT2D eigenvalue weighted by atomic mass is 16.2. The first-order valence-corrected chi connectivity index (χ1v) is 2.78. The first-order valence-electron chi connectivity index (χ1n) is 2.78. The van der Waals surface area contributed by atoms with Crippen molar-refractivity contribution in [1.29, 1.82) is 0 Å². The van der Waals surface area contributed by atoms with Crippen LogP contribution in [0.3, 0.4) is 0 Å². The predicted octanol–water partition coefficient (Wildman–Crippen LogP) is 0.242. The standard InChI is InChI=1S/C7H12NO/c1-5-6-8(3,4)7(2)9/h1H,6H2,2-4H3/q+1. The van der Waals surface area contributed by atoms with Crippen LogP contribution in [0.4, 0.5) is 0 Å². The monoisotopic (exact) mass is 126 g/mol. The maximum absolute atomic E-state index is 10.7. The molecule has 0 aromatic carbocycles. The second-order valence-corrected chi connectivity index (χ2v) is 2.57. The van der Waals surface area contributed by atoms with Crippen molar-refractivity contribution in [2.75, 3.05) is 20.6 Å². The van der Waals surface area contributed by atoms with Crippen LogP contribution in [0.15, 0.2) is 0 Å². The number of amides is 1. The molecule has 0 heterocycles. The third-order valence-electron chi connectivity index (χ3n) is 1.34. The van der Waals surface area contributed by atoms with Gasteiger partial charge in [0.25, 0.3) is 0 Å². The Bertz CT molecular complexity index is 153.